The van der Waals surface area contributed by atoms with E-state index in [2.05, 4.69) is 137 Å². The molecule has 8 aromatic rings. The Labute approximate surface area is 237 Å². The number of allylic oxidation sites excluding steroid dienone is 2. The average molecular weight is 529 g/mol. The van der Waals surface area contributed by atoms with Gasteiger partial charge in [0, 0.05) is 28.6 Å². The Bertz CT molecular complexity index is 2350. The van der Waals surface area contributed by atoms with Crippen molar-refractivity contribution in [3.8, 4) is 0 Å². The maximum atomic E-state index is 5.24. The Morgan fingerprint density at radius 3 is 2.12 bits per heavy atom. The van der Waals surface area contributed by atoms with Gasteiger partial charge in [0.2, 0.25) is 0 Å². The van der Waals surface area contributed by atoms with E-state index in [0.29, 0.717) is 0 Å². The Morgan fingerprint density at radius 2 is 1.34 bits per heavy atom. The summed E-state index contributed by atoms with van der Waals surface area (Å²) < 4.78 is 4.65. The minimum Gasteiger partial charge on any atom is -0.294 e. The van der Waals surface area contributed by atoms with E-state index in [4.69, 9.17) is 9.98 Å². The smallest absolute Gasteiger partial charge is 0.147 e. The molecule has 0 atom stereocenters. The van der Waals surface area contributed by atoms with E-state index in [1.807, 2.05) is 7.05 Å². The molecule has 41 heavy (non-hydrogen) atoms. The van der Waals surface area contributed by atoms with Gasteiger partial charge in [0.1, 0.15) is 11.5 Å². The molecule has 4 nitrogen and oxygen atoms in total. The fourth-order valence-electron chi connectivity index (χ4n) is 6.52. The van der Waals surface area contributed by atoms with Crippen molar-refractivity contribution in [1.29, 1.82) is 0 Å². The molecule has 0 fully saturated rings. The summed E-state index contributed by atoms with van der Waals surface area (Å²) >= 11 is 0. The van der Waals surface area contributed by atoms with Gasteiger partial charge in [0.25, 0.3) is 0 Å². The molecule has 8 rings (SSSR count). The topological polar surface area (TPSA) is 34.6 Å². The van der Waals surface area contributed by atoms with Gasteiger partial charge in [-0.15, -0.1) is 0 Å². The standard InChI is InChI=1S/C37H28N4/c1-3-24(25-13-5-4-6-14-25)23-34(38-2)40-31-19-11-8-16-28(31)35-33(40)22-21-27-26-15-7-10-18-30(26)41-32-20-12-9-17-29(32)39-37(41)36(27)35/h4-23H,3H2,1-2H3/b24-23+,38-34?. The number of imidazole rings is 1. The van der Waals surface area contributed by atoms with Crippen LogP contribution in [0.25, 0.3) is 65.7 Å². The van der Waals surface area contributed by atoms with E-state index in [1.54, 1.807) is 0 Å². The zero-order valence-corrected chi connectivity index (χ0v) is 23.0. The van der Waals surface area contributed by atoms with Crippen LogP contribution in [-0.2, 0) is 0 Å². The van der Waals surface area contributed by atoms with Gasteiger partial charge in [-0.25, -0.2) is 4.98 Å². The van der Waals surface area contributed by atoms with Gasteiger partial charge in [-0.1, -0.05) is 91.9 Å². The van der Waals surface area contributed by atoms with E-state index in [1.165, 1.54) is 43.6 Å². The third-order valence-corrected chi connectivity index (χ3v) is 8.35. The molecule has 0 radical (unpaired) electrons. The van der Waals surface area contributed by atoms with Gasteiger partial charge in [0.15, 0.2) is 0 Å². The molecule has 0 N–H and O–H groups in total. The number of hydrogen-bond acceptors (Lipinski definition) is 2. The summed E-state index contributed by atoms with van der Waals surface area (Å²) in [5, 5.41) is 6.01. The first-order valence-corrected chi connectivity index (χ1v) is 14.2. The van der Waals surface area contributed by atoms with Crippen molar-refractivity contribution in [3.05, 3.63) is 127 Å². The maximum Gasteiger partial charge on any atom is 0.147 e. The van der Waals surface area contributed by atoms with E-state index < -0.39 is 0 Å². The quantitative estimate of drug-likeness (QED) is 0.128. The predicted molar refractivity (Wildman–Crippen MR) is 174 cm³/mol. The zero-order chi connectivity index (χ0) is 27.5. The molecule has 5 aromatic carbocycles. The first-order chi connectivity index (χ1) is 20.3. The molecule has 4 heteroatoms. The number of aliphatic imine (C=N–C) groups is 1. The number of aromatic nitrogens is 3. The van der Waals surface area contributed by atoms with E-state index >= 15 is 0 Å². The van der Waals surface area contributed by atoms with Crippen LogP contribution < -0.4 is 0 Å². The highest BCUT2D eigenvalue weighted by Gasteiger charge is 2.21. The Morgan fingerprint density at radius 1 is 0.659 bits per heavy atom. The molecule has 3 aromatic heterocycles. The molecular weight excluding hydrogens is 500 g/mol. The molecule has 0 unspecified atom stereocenters. The van der Waals surface area contributed by atoms with Crippen LogP contribution in [0.2, 0.25) is 0 Å². The van der Waals surface area contributed by atoms with Crippen LogP contribution in [0.3, 0.4) is 0 Å². The number of rotatable bonds is 3. The van der Waals surface area contributed by atoms with Crippen LogP contribution in [0, 0.1) is 0 Å². The highest BCUT2D eigenvalue weighted by Crippen LogP contribution is 2.41. The Balaban J connectivity index is 1.55. The van der Waals surface area contributed by atoms with Crippen molar-refractivity contribution in [2.45, 2.75) is 13.3 Å². The van der Waals surface area contributed by atoms with E-state index in [0.717, 1.165) is 40.0 Å². The molecule has 0 aliphatic carbocycles. The number of para-hydroxylation sites is 4. The fraction of sp³-hybridized carbons (Fsp3) is 0.0811. The second-order valence-corrected chi connectivity index (χ2v) is 10.5. The van der Waals surface area contributed by atoms with Gasteiger partial charge < -0.3 is 0 Å². The second kappa shape index (κ2) is 9.17. The van der Waals surface area contributed by atoms with Crippen molar-refractivity contribution in [2.75, 3.05) is 7.05 Å². The number of benzene rings is 5. The lowest BCUT2D eigenvalue weighted by Crippen LogP contribution is -2.09. The molecule has 0 aliphatic heterocycles. The molecule has 3 heterocycles. The van der Waals surface area contributed by atoms with Crippen LogP contribution >= 0.6 is 0 Å². The van der Waals surface area contributed by atoms with Crippen LogP contribution in [0.4, 0.5) is 0 Å². The van der Waals surface area contributed by atoms with Gasteiger partial charge in [-0.3, -0.25) is 14.0 Å². The molecule has 0 saturated carbocycles. The van der Waals surface area contributed by atoms with Gasteiger partial charge in [-0.2, -0.15) is 0 Å². The minimum absolute atomic E-state index is 0.913. The first kappa shape index (κ1) is 23.6. The lowest BCUT2D eigenvalue weighted by Gasteiger charge is -2.12. The lowest BCUT2D eigenvalue weighted by molar-refractivity contribution is 1.21. The summed E-state index contributed by atoms with van der Waals surface area (Å²) in [5.41, 5.74) is 9.01. The average Bonchev–Trinajstić information content (AvgIpc) is 3.59. The summed E-state index contributed by atoms with van der Waals surface area (Å²) in [4.78, 5) is 10.1. The van der Waals surface area contributed by atoms with Crippen molar-refractivity contribution in [1.82, 2.24) is 14.0 Å². The van der Waals surface area contributed by atoms with E-state index in [-0.39, 0.29) is 0 Å². The molecule has 0 bridgehead atoms. The summed E-state index contributed by atoms with van der Waals surface area (Å²) in [6.07, 6.45) is 3.15. The van der Waals surface area contributed by atoms with Crippen molar-refractivity contribution in [2.24, 2.45) is 4.99 Å². The monoisotopic (exact) mass is 528 g/mol. The summed E-state index contributed by atoms with van der Waals surface area (Å²) in [6, 6.07) is 40.9. The van der Waals surface area contributed by atoms with Crippen LogP contribution in [-0.4, -0.2) is 26.8 Å². The summed E-state index contributed by atoms with van der Waals surface area (Å²) in [6.45, 7) is 2.20. The highest BCUT2D eigenvalue weighted by atomic mass is 15.1. The largest absolute Gasteiger partial charge is 0.294 e. The summed E-state index contributed by atoms with van der Waals surface area (Å²) in [7, 11) is 1.89. The first-order valence-electron chi connectivity index (χ1n) is 14.2. The van der Waals surface area contributed by atoms with Gasteiger partial charge in [0.05, 0.1) is 27.6 Å². The van der Waals surface area contributed by atoms with E-state index in [9.17, 15) is 0 Å². The number of fused-ring (bicyclic) bond motifs is 12. The van der Waals surface area contributed by atoms with Crippen molar-refractivity contribution >= 4 is 71.6 Å². The number of hydrogen-bond donors (Lipinski definition) is 0. The van der Waals surface area contributed by atoms with Gasteiger partial charge >= 0.3 is 0 Å². The molecule has 0 aliphatic rings. The molecule has 0 spiro atoms. The number of nitrogens with zero attached hydrogens (tertiary/aromatic N) is 4. The van der Waals surface area contributed by atoms with Crippen molar-refractivity contribution < 1.29 is 0 Å². The second-order valence-electron chi connectivity index (χ2n) is 10.5. The number of pyridine rings is 1. The molecule has 0 saturated heterocycles. The zero-order valence-electron chi connectivity index (χ0n) is 23.0. The third-order valence-electron chi connectivity index (χ3n) is 8.35. The molecule has 196 valence electrons. The van der Waals surface area contributed by atoms with Crippen LogP contribution in [0.5, 0.6) is 0 Å². The third kappa shape index (κ3) is 3.40. The summed E-state index contributed by atoms with van der Waals surface area (Å²) in [5.74, 6) is 0.918. The van der Waals surface area contributed by atoms with Crippen LogP contribution in [0.15, 0.2) is 126 Å². The predicted octanol–water partition coefficient (Wildman–Crippen LogP) is 9.27. The SMILES string of the molecule is CC/C(=C\C(=NC)n1c2ccccc2c2c3c(ccc21)c1ccccc1n1c2ccccc2nc31)c1ccccc1. The fourth-order valence-corrected chi connectivity index (χ4v) is 6.52. The van der Waals surface area contributed by atoms with Crippen LogP contribution in [0.1, 0.15) is 18.9 Å². The van der Waals surface area contributed by atoms with Crippen molar-refractivity contribution in [3.63, 3.8) is 0 Å². The lowest BCUT2D eigenvalue weighted by atomic mass is 10.0. The normalized spacial score (nSPS) is 13.0. The maximum absolute atomic E-state index is 5.24. The molecule has 0 amide bonds. The highest BCUT2D eigenvalue weighted by molar-refractivity contribution is 6.31. The molecular formula is C37H28N4. The minimum atomic E-state index is 0.913. The Hall–Kier alpha value is -5.22. The Kier molecular flexibility index (Phi) is 5.29. The van der Waals surface area contributed by atoms with Gasteiger partial charge in [-0.05, 0) is 59.4 Å².